The van der Waals surface area contributed by atoms with Crippen LogP contribution in [0.4, 0.5) is 5.82 Å². The highest BCUT2D eigenvalue weighted by Gasteiger charge is 2.13. The van der Waals surface area contributed by atoms with Gasteiger partial charge in [0.2, 0.25) is 0 Å². The van der Waals surface area contributed by atoms with Crippen molar-refractivity contribution in [1.29, 1.82) is 0 Å². The summed E-state index contributed by atoms with van der Waals surface area (Å²) in [5, 5.41) is 0. The first-order valence-corrected chi connectivity index (χ1v) is 4.78. The fourth-order valence-corrected chi connectivity index (χ4v) is 1.12. The van der Waals surface area contributed by atoms with Crippen LogP contribution in [0.15, 0.2) is 6.07 Å². The molecular weight excluding hydrogens is 194 g/mol. The molecule has 5 nitrogen and oxygen atoms in total. The average Bonchev–Trinajstić information content (AvgIpc) is 2.26. The summed E-state index contributed by atoms with van der Waals surface area (Å²) in [5.41, 5.74) is 6.45. The topological polar surface area (TPSA) is 70.3 Å². The minimum absolute atomic E-state index is 0.0990. The van der Waals surface area contributed by atoms with Gasteiger partial charge in [-0.3, -0.25) is 0 Å². The highest BCUT2D eigenvalue weighted by molar-refractivity contribution is 5.31. The molecule has 1 rings (SSSR count). The predicted octanol–water partition coefficient (Wildman–Crippen LogP) is 1.47. The largest absolute Gasteiger partial charge is 0.384 e. The van der Waals surface area contributed by atoms with E-state index in [2.05, 4.69) is 9.97 Å². The molecule has 0 aliphatic heterocycles. The van der Waals surface area contributed by atoms with Gasteiger partial charge in [0.25, 0.3) is 0 Å². The van der Waals surface area contributed by atoms with Gasteiger partial charge < -0.3 is 15.2 Å². The summed E-state index contributed by atoms with van der Waals surface area (Å²) in [4.78, 5) is 8.44. The zero-order valence-electron chi connectivity index (χ0n) is 9.52. The van der Waals surface area contributed by atoms with E-state index < -0.39 is 0 Å². The molecule has 0 saturated heterocycles. The van der Waals surface area contributed by atoms with Crippen LogP contribution in [0.1, 0.15) is 37.6 Å². The quantitative estimate of drug-likeness (QED) is 0.816. The SMILES string of the molecule is CO[C@@H](C)c1cc(N)nc([C@H](C)OC)n1. The lowest BCUT2D eigenvalue weighted by Crippen LogP contribution is -2.10. The van der Waals surface area contributed by atoms with Gasteiger partial charge in [-0.15, -0.1) is 0 Å². The predicted molar refractivity (Wildman–Crippen MR) is 57.3 cm³/mol. The summed E-state index contributed by atoms with van der Waals surface area (Å²) in [6.07, 6.45) is -0.269. The third-order valence-corrected chi connectivity index (χ3v) is 2.27. The molecule has 0 fully saturated rings. The van der Waals surface area contributed by atoms with E-state index in [1.165, 1.54) is 0 Å². The van der Waals surface area contributed by atoms with Crippen LogP contribution in [0.5, 0.6) is 0 Å². The van der Waals surface area contributed by atoms with Gasteiger partial charge in [0.05, 0.1) is 11.8 Å². The zero-order valence-corrected chi connectivity index (χ0v) is 9.52. The summed E-state index contributed by atoms with van der Waals surface area (Å²) in [6.45, 7) is 3.78. The Kier molecular flexibility index (Phi) is 3.99. The molecule has 0 spiro atoms. The molecule has 5 heteroatoms. The fraction of sp³-hybridized carbons (Fsp3) is 0.600. The molecule has 0 unspecified atom stereocenters. The van der Waals surface area contributed by atoms with Gasteiger partial charge in [0.15, 0.2) is 5.82 Å². The molecule has 2 N–H and O–H groups in total. The molecule has 0 aliphatic carbocycles. The second-order valence-electron chi connectivity index (χ2n) is 3.33. The van der Waals surface area contributed by atoms with E-state index in [0.29, 0.717) is 11.6 Å². The maximum atomic E-state index is 5.68. The van der Waals surface area contributed by atoms with Crippen molar-refractivity contribution in [2.75, 3.05) is 20.0 Å². The monoisotopic (exact) mass is 211 g/mol. The lowest BCUT2D eigenvalue weighted by atomic mass is 10.2. The molecule has 0 saturated carbocycles. The van der Waals surface area contributed by atoms with E-state index in [4.69, 9.17) is 15.2 Å². The number of anilines is 1. The number of aromatic nitrogens is 2. The van der Waals surface area contributed by atoms with Gasteiger partial charge in [-0.2, -0.15) is 0 Å². The summed E-state index contributed by atoms with van der Waals surface area (Å²) in [5.74, 6) is 1.01. The van der Waals surface area contributed by atoms with Crippen molar-refractivity contribution in [1.82, 2.24) is 9.97 Å². The van der Waals surface area contributed by atoms with Gasteiger partial charge in [-0.05, 0) is 13.8 Å². The molecule has 0 bridgehead atoms. The molecule has 1 aromatic rings. The van der Waals surface area contributed by atoms with Crippen LogP contribution < -0.4 is 5.73 Å². The van der Waals surface area contributed by atoms with Crippen molar-refractivity contribution >= 4 is 5.82 Å². The van der Waals surface area contributed by atoms with E-state index >= 15 is 0 Å². The van der Waals surface area contributed by atoms with Crippen molar-refractivity contribution in [3.8, 4) is 0 Å². The van der Waals surface area contributed by atoms with Crippen molar-refractivity contribution in [3.63, 3.8) is 0 Å². The number of hydrogen-bond acceptors (Lipinski definition) is 5. The van der Waals surface area contributed by atoms with Crippen LogP contribution in [-0.4, -0.2) is 24.2 Å². The van der Waals surface area contributed by atoms with Crippen LogP contribution in [0.3, 0.4) is 0 Å². The Hall–Kier alpha value is -1.20. The Balaban J connectivity index is 3.04. The Labute approximate surface area is 89.6 Å². The normalized spacial score (nSPS) is 14.9. The average molecular weight is 211 g/mol. The summed E-state index contributed by atoms with van der Waals surface area (Å²) >= 11 is 0. The van der Waals surface area contributed by atoms with E-state index in [1.807, 2.05) is 13.8 Å². The number of nitrogen functional groups attached to an aromatic ring is 1. The first kappa shape index (κ1) is 11.9. The second-order valence-corrected chi connectivity index (χ2v) is 3.33. The van der Waals surface area contributed by atoms with Gasteiger partial charge in [-0.1, -0.05) is 0 Å². The maximum absolute atomic E-state index is 5.68. The lowest BCUT2D eigenvalue weighted by molar-refractivity contribution is 0.104. The highest BCUT2D eigenvalue weighted by atomic mass is 16.5. The third kappa shape index (κ3) is 2.87. The van der Waals surface area contributed by atoms with Crippen LogP contribution >= 0.6 is 0 Å². The Morgan fingerprint density at radius 3 is 2.27 bits per heavy atom. The molecule has 2 atom stereocenters. The van der Waals surface area contributed by atoms with Gasteiger partial charge in [-0.25, -0.2) is 9.97 Å². The third-order valence-electron chi connectivity index (χ3n) is 2.27. The van der Waals surface area contributed by atoms with E-state index in [9.17, 15) is 0 Å². The number of hydrogen-bond donors (Lipinski definition) is 1. The van der Waals surface area contributed by atoms with Crippen LogP contribution in [0, 0.1) is 0 Å². The number of methoxy groups -OCH3 is 2. The molecule has 0 aromatic carbocycles. The second kappa shape index (κ2) is 5.04. The summed E-state index contributed by atoms with van der Waals surface area (Å²) in [6, 6.07) is 1.71. The minimum Gasteiger partial charge on any atom is -0.384 e. The summed E-state index contributed by atoms with van der Waals surface area (Å²) < 4.78 is 10.3. The number of rotatable bonds is 4. The molecule has 15 heavy (non-hydrogen) atoms. The highest BCUT2D eigenvalue weighted by Crippen LogP contribution is 2.19. The first-order valence-electron chi connectivity index (χ1n) is 4.78. The van der Waals surface area contributed by atoms with Gasteiger partial charge in [0, 0.05) is 20.3 Å². The van der Waals surface area contributed by atoms with Crippen molar-refractivity contribution in [3.05, 3.63) is 17.6 Å². The molecule has 1 heterocycles. The minimum atomic E-state index is -0.170. The smallest absolute Gasteiger partial charge is 0.159 e. The maximum Gasteiger partial charge on any atom is 0.159 e. The number of nitrogens with two attached hydrogens (primary N) is 1. The zero-order chi connectivity index (χ0) is 11.4. The standard InChI is InChI=1S/C10H17N3O2/c1-6(14-3)8-5-9(11)13-10(12-8)7(2)15-4/h5-7H,1-4H3,(H2,11,12,13)/t6-,7-/m0/s1. The lowest BCUT2D eigenvalue weighted by Gasteiger charge is -2.13. The van der Waals surface area contributed by atoms with Crippen molar-refractivity contribution < 1.29 is 9.47 Å². The van der Waals surface area contributed by atoms with Crippen molar-refractivity contribution in [2.45, 2.75) is 26.1 Å². The van der Waals surface area contributed by atoms with Crippen LogP contribution in [0.25, 0.3) is 0 Å². The number of ether oxygens (including phenoxy) is 2. The molecule has 1 aromatic heterocycles. The Morgan fingerprint density at radius 1 is 1.13 bits per heavy atom. The van der Waals surface area contributed by atoms with E-state index in [0.717, 1.165) is 5.69 Å². The van der Waals surface area contributed by atoms with E-state index in [1.54, 1.807) is 20.3 Å². The molecule has 84 valence electrons. The molecule has 0 aliphatic rings. The number of nitrogens with zero attached hydrogens (tertiary/aromatic N) is 2. The van der Waals surface area contributed by atoms with E-state index in [-0.39, 0.29) is 12.2 Å². The van der Waals surface area contributed by atoms with Gasteiger partial charge in [0.1, 0.15) is 11.9 Å². The fourth-order valence-electron chi connectivity index (χ4n) is 1.12. The molecular formula is C10H17N3O2. The Morgan fingerprint density at radius 2 is 1.73 bits per heavy atom. The van der Waals surface area contributed by atoms with Gasteiger partial charge >= 0.3 is 0 Å². The molecule has 0 radical (unpaired) electrons. The first-order chi connectivity index (χ1) is 7.08. The Bertz CT molecular complexity index is 302. The van der Waals surface area contributed by atoms with Crippen LogP contribution in [-0.2, 0) is 9.47 Å². The summed E-state index contributed by atoms with van der Waals surface area (Å²) in [7, 11) is 3.24. The van der Waals surface area contributed by atoms with Crippen LogP contribution in [0.2, 0.25) is 0 Å². The molecule has 0 amide bonds. The van der Waals surface area contributed by atoms with Crippen molar-refractivity contribution in [2.24, 2.45) is 0 Å².